The Kier molecular flexibility index (Phi) is 5.49. The molecule has 0 aliphatic carbocycles. The highest BCUT2D eigenvalue weighted by molar-refractivity contribution is 6.08. The highest BCUT2D eigenvalue weighted by Crippen LogP contribution is 2.37. The van der Waals surface area contributed by atoms with E-state index >= 15 is 0 Å². The minimum Gasteiger partial charge on any atom is -0.321 e. The Hall–Kier alpha value is -5.58. The van der Waals surface area contributed by atoms with Crippen molar-refractivity contribution in [2.75, 3.05) is 5.32 Å². The number of anilines is 1. The van der Waals surface area contributed by atoms with E-state index in [2.05, 4.69) is 30.8 Å². The highest BCUT2D eigenvalue weighted by Gasteiger charge is 2.23. The van der Waals surface area contributed by atoms with Crippen LogP contribution in [0.15, 0.2) is 84.9 Å². The molecule has 0 fully saturated rings. The molecule has 11 nitrogen and oxygen atoms in total. The summed E-state index contributed by atoms with van der Waals surface area (Å²) >= 11 is 0. The average Bonchev–Trinajstić information content (AvgIpc) is 3.33. The molecule has 3 aromatic carbocycles. The smallest absolute Gasteiger partial charge is 0.278 e. The third-order valence-corrected chi connectivity index (χ3v) is 6.14. The van der Waals surface area contributed by atoms with Crippen LogP contribution in [0.2, 0.25) is 0 Å². The number of amides is 1. The number of rotatable bonds is 5. The SMILES string of the molecule is Cc1c(C(=O)Nc2ccc([N+](=O)[O-])cc2)nnc2c3c(-c4ccccc4)c(-c4ccccc4)nnc3nn12. The van der Waals surface area contributed by atoms with Gasteiger partial charge in [-0.2, -0.15) is 0 Å². The van der Waals surface area contributed by atoms with Gasteiger partial charge in [-0.05, 0) is 24.6 Å². The number of aryl methyl sites for hydroxylation is 1. The number of hydrogen-bond donors (Lipinski definition) is 1. The number of nitrogens with zero attached hydrogens (tertiary/aromatic N) is 7. The van der Waals surface area contributed by atoms with Gasteiger partial charge in [-0.1, -0.05) is 60.7 Å². The largest absolute Gasteiger partial charge is 0.321 e. The van der Waals surface area contributed by atoms with Crippen molar-refractivity contribution in [1.29, 1.82) is 0 Å². The van der Waals surface area contributed by atoms with Crippen molar-refractivity contribution in [3.05, 3.63) is 106 Å². The van der Waals surface area contributed by atoms with Crippen LogP contribution in [0.5, 0.6) is 0 Å². The van der Waals surface area contributed by atoms with Crippen molar-refractivity contribution in [1.82, 2.24) is 30.0 Å². The molecule has 0 bridgehead atoms. The van der Waals surface area contributed by atoms with E-state index in [0.717, 1.165) is 16.7 Å². The van der Waals surface area contributed by atoms with Crippen LogP contribution in [0.4, 0.5) is 11.4 Å². The predicted octanol–water partition coefficient (Wildman–Crippen LogP) is 4.87. The molecule has 1 N–H and O–H groups in total. The lowest BCUT2D eigenvalue weighted by Crippen LogP contribution is -2.18. The van der Waals surface area contributed by atoms with Gasteiger partial charge in [0, 0.05) is 28.9 Å². The zero-order valence-electron chi connectivity index (χ0n) is 19.9. The quantitative estimate of drug-likeness (QED) is 0.260. The number of aromatic nitrogens is 6. The first-order chi connectivity index (χ1) is 18.5. The van der Waals surface area contributed by atoms with Crippen LogP contribution in [0.1, 0.15) is 16.2 Å². The van der Waals surface area contributed by atoms with E-state index in [4.69, 9.17) is 0 Å². The summed E-state index contributed by atoms with van der Waals surface area (Å²) < 4.78 is 1.54. The lowest BCUT2D eigenvalue weighted by Gasteiger charge is -2.10. The molecule has 6 rings (SSSR count). The molecule has 0 aliphatic rings. The molecule has 0 radical (unpaired) electrons. The fraction of sp³-hybridized carbons (Fsp3) is 0.0370. The summed E-state index contributed by atoms with van der Waals surface area (Å²) in [5.41, 5.74) is 4.93. The van der Waals surface area contributed by atoms with E-state index in [1.54, 1.807) is 6.92 Å². The molecule has 3 aromatic heterocycles. The highest BCUT2D eigenvalue weighted by atomic mass is 16.6. The number of nitro benzene ring substituents is 1. The molecule has 0 aliphatic heterocycles. The van der Waals surface area contributed by atoms with E-state index < -0.39 is 10.8 Å². The molecule has 0 saturated heterocycles. The van der Waals surface area contributed by atoms with Crippen molar-refractivity contribution < 1.29 is 9.72 Å². The number of carbonyl (C=O) groups is 1. The van der Waals surface area contributed by atoms with Gasteiger partial charge in [0.1, 0.15) is 5.69 Å². The normalized spacial score (nSPS) is 11.1. The van der Waals surface area contributed by atoms with Gasteiger partial charge in [0.15, 0.2) is 11.3 Å². The van der Waals surface area contributed by atoms with E-state index in [1.165, 1.54) is 28.8 Å². The first kappa shape index (κ1) is 22.9. The Morgan fingerprint density at radius 2 is 1.50 bits per heavy atom. The summed E-state index contributed by atoms with van der Waals surface area (Å²) in [6.07, 6.45) is 0. The molecule has 6 aromatic rings. The molecule has 38 heavy (non-hydrogen) atoms. The molecule has 1 amide bonds. The monoisotopic (exact) mass is 502 g/mol. The van der Waals surface area contributed by atoms with Crippen LogP contribution < -0.4 is 5.32 Å². The standard InChI is InChI=1S/C27H18N8O3/c1-16-23(27(36)28-19-12-14-20(15-13-19)35(37)38)29-32-26-22-21(17-8-4-2-5-9-17)24(18-10-6-3-7-11-18)30-31-25(22)33-34(16)26/h2-15H,1H3,(H,28,36). The molecule has 3 heterocycles. The van der Waals surface area contributed by atoms with Gasteiger partial charge in [0.25, 0.3) is 11.6 Å². The van der Waals surface area contributed by atoms with E-state index in [1.807, 2.05) is 60.7 Å². The van der Waals surface area contributed by atoms with Crippen molar-refractivity contribution in [2.45, 2.75) is 6.92 Å². The summed E-state index contributed by atoms with van der Waals surface area (Å²) in [6.45, 7) is 1.71. The number of fused-ring (bicyclic) bond motifs is 3. The summed E-state index contributed by atoms with van der Waals surface area (Å²) in [6, 6.07) is 25.1. The van der Waals surface area contributed by atoms with Crippen LogP contribution in [0, 0.1) is 17.0 Å². The second-order valence-corrected chi connectivity index (χ2v) is 8.48. The minimum absolute atomic E-state index is 0.0566. The molecule has 11 heteroatoms. The number of non-ortho nitro benzene ring substituents is 1. The van der Waals surface area contributed by atoms with Crippen molar-refractivity contribution >= 4 is 34.0 Å². The number of benzene rings is 3. The average molecular weight is 502 g/mol. The first-order valence-corrected chi connectivity index (χ1v) is 11.6. The summed E-state index contributed by atoms with van der Waals surface area (Å²) in [5, 5.41) is 36.4. The number of nitro groups is 1. The van der Waals surface area contributed by atoms with Crippen LogP contribution in [0.3, 0.4) is 0 Å². The van der Waals surface area contributed by atoms with Crippen LogP contribution in [-0.4, -0.2) is 40.8 Å². The molecule has 184 valence electrons. The summed E-state index contributed by atoms with van der Waals surface area (Å²) in [4.78, 5) is 23.4. The summed E-state index contributed by atoms with van der Waals surface area (Å²) in [7, 11) is 0. The molecular weight excluding hydrogens is 484 g/mol. The van der Waals surface area contributed by atoms with Gasteiger partial charge in [0.2, 0.25) is 5.65 Å². The van der Waals surface area contributed by atoms with Crippen LogP contribution in [-0.2, 0) is 0 Å². The zero-order valence-corrected chi connectivity index (χ0v) is 19.9. The van der Waals surface area contributed by atoms with Gasteiger partial charge < -0.3 is 5.32 Å². The second kappa shape index (κ2) is 9.13. The molecule has 0 saturated carbocycles. The molecular formula is C27H18N8O3. The topological polar surface area (TPSA) is 141 Å². The fourth-order valence-electron chi connectivity index (χ4n) is 4.30. The van der Waals surface area contributed by atoms with Crippen LogP contribution in [0.25, 0.3) is 39.1 Å². The Labute approximate surface area is 215 Å². The lowest BCUT2D eigenvalue weighted by atomic mass is 9.97. The maximum atomic E-state index is 13.0. The van der Waals surface area contributed by atoms with E-state index in [0.29, 0.717) is 33.8 Å². The lowest BCUT2D eigenvalue weighted by molar-refractivity contribution is -0.384. The maximum Gasteiger partial charge on any atom is 0.278 e. The fourth-order valence-corrected chi connectivity index (χ4v) is 4.30. The third kappa shape index (κ3) is 3.88. The first-order valence-electron chi connectivity index (χ1n) is 11.6. The number of carbonyl (C=O) groups excluding carboxylic acids is 1. The Bertz CT molecular complexity index is 1840. The number of nitrogens with one attached hydrogen (secondary N) is 1. The van der Waals surface area contributed by atoms with Gasteiger partial charge in [0.05, 0.1) is 16.0 Å². The Balaban J connectivity index is 1.49. The van der Waals surface area contributed by atoms with E-state index in [9.17, 15) is 14.9 Å². The van der Waals surface area contributed by atoms with Crippen molar-refractivity contribution in [2.24, 2.45) is 0 Å². The molecule has 0 atom stereocenters. The zero-order chi connectivity index (χ0) is 26.2. The van der Waals surface area contributed by atoms with Gasteiger partial charge >= 0.3 is 0 Å². The van der Waals surface area contributed by atoms with Gasteiger partial charge in [-0.25, -0.2) is 4.52 Å². The van der Waals surface area contributed by atoms with Gasteiger partial charge in [-0.15, -0.1) is 25.5 Å². The van der Waals surface area contributed by atoms with E-state index in [-0.39, 0.29) is 11.4 Å². The van der Waals surface area contributed by atoms with Crippen molar-refractivity contribution in [3.8, 4) is 22.4 Å². The molecule has 0 unspecified atom stereocenters. The minimum atomic E-state index is -0.523. The molecule has 0 spiro atoms. The maximum absolute atomic E-state index is 13.0. The Morgan fingerprint density at radius 3 is 2.16 bits per heavy atom. The number of hydrogen-bond acceptors (Lipinski definition) is 8. The summed E-state index contributed by atoms with van der Waals surface area (Å²) in [5.74, 6) is -0.523. The second-order valence-electron chi connectivity index (χ2n) is 8.48. The Morgan fingerprint density at radius 1 is 0.842 bits per heavy atom. The van der Waals surface area contributed by atoms with Crippen LogP contribution >= 0.6 is 0 Å². The predicted molar refractivity (Wildman–Crippen MR) is 141 cm³/mol. The third-order valence-electron chi connectivity index (χ3n) is 6.14. The van der Waals surface area contributed by atoms with Crippen molar-refractivity contribution in [3.63, 3.8) is 0 Å². The van der Waals surface area contributed by atoms with Gasteiger partial charge in [-0.3, -0.25) is 14.9 Å².